The molecular weight excluding hydrogens is 378 g/mol. The molecule has 0 aliphatic carbocycles. The van der Waals surface area contributed by atoms with Gasteiger partial charge in [-0.15, -0.1) is 5.10 Å². The van der Waals surface area contributed by atoms with Crippen LogP contribution in [0.2, 0.25) is 0 Å². The molecule has 0 amide bonds. The SMILES string of the molecule is CCNC(N)=S.Cc1ccccc1OCc1cn(CC2CC(O)CCO2)nn1. The predicted octanol–water partition coefficient (Wildman–Crippen LogP) is 1.54. The highest BCUT2D eigenvalue weighted by molar-refractivity contribution is 7.80. The van der Waals surface area contributed by atoms with Crippen LogP contribution in [0.4, 0.5) is 0 Å². The zero-order valence-corrected chi connectivity index (χ0v) is 17.2. The molecule has 2 heterocycles. The monoisotopic (exact) mass is 407 g/mol. The fourth-order valence-corrected chi connectivity index (χ4v) is 2.88. The van der Waals surface area contributed by atoms with E-state index in [1.807, 2.05) is 44.3 Å². The first-order valence-corrected chi connectivity index (χ1v) is 9.79. The molecule has 0 bridgehead atoms. The van der Waals surface area contributed by atoms with Gasteiger partial charge in [-0.2, -0.15) is 0 Å². The molecule has 1 aliphatic rings. The summed E-state index contributed by atoms with van der Waals surface area (Å²) in [7, 11) is 0. The van der Waals surface area contributed by atoms with Crippen molar-refractivity contribution in [1.82, 2.24) is 20.3 Å². The first-order chi connectivity index (χ1) is 13.5. The summed E-state index contributed by atoms with van der Waals surface area (Å²) in [5.74, 6) is 0.857. The molecule has 2 aromatic rings. The Labute approximate surface area is 171 Å². The minimum atomic E-state index is -0.272. The summed E-state index contributed by atoms with van der Waals surface area (Å²) in [5, 5.41) is 21.0. The van der Waals surface area contributed by atoms with Crippen LogP contribution in [0.5, 0.6) is 5.75 Å². The Morgan fingerprint density at radius 3 is 2.89 bits per heavy atom. The van der Waals surface area contributed by atoms with Gasteiger partial charge in [0.1, 0.15) is 18.1 Å². The van der Waals surface area contributed by atoms with Crippen LogP contribution in [0.3, 0.4) is 0 Å². The van der Waals surface area contributed by atoms with Gasteiger partial charge in [0.05, 0.1) is 24.9 Å². The van der Waals surface area contributed by atoms with Gasteiger partial charge in [-0.3, -0.25) is 0 Å². The summed E-state index contributed by atoms with van der Waals surface area (Å²) < 4.78 is 13.1. The number of aryl methyl sites for hydroxylation is 1. The molecule has 1 aromatic heterocycles. The molecule has 3 rings (SSSR count). The van der Waals surface area contributed by atoms with Gasteiger partial charge in [-0.1, -0.05) is 23.4 Å². The molecule has 2 unspecified atom stereocenters. The van der Waals surface area contributed by atoms with E-state index in [-0.39, 0.29) is 12.2 Å². The molecule has 2 atom stereocenters. The Balaban J connectivity index is 0.000000409. The molecule has 1 aliphatic heterocycles. The maximum Gasteiger partial charge on any atom is 0.163 e. The van der Waals surface area contributed by atoms with Gasteiger partial charge < -0.3 is 25.6 Å². The second-order valence-electron chi connectivity index (χ2n) is 6.55. The van der Waals surface area contributed by atoms with Crippen molar-refractivity contribution in [3.8, 4) is 5.75 Å². The van der Waals surface area contributed by atoms with Crippen LogP contribution in [0.25, 0.3) is 0 Å². The number of rotatable bonds is 6. The van der Waals surface area contributed by atoms with Crippen LogP contribution in [0, 0.1) is 6.92 Å². The Kier molecular flexibility index (Phi) is 9.12. The number of hydrogen-bond acceptors (Lipinski definition) is 6. The molecular formula is C19H29N5O3S. The van der Waals surface area contributed by atoms with Crippen LogP contribution in [0.1, 0.15) is 31.0 Å². The van der Waals surface area contributed by atoms with Crippen molar-refractivity contribution >= 4 is 17.3 Å². The van der Waals surface area contributed by atoms with E-state index in [4.69, 9.17) is 15.2 Å². The number of nitrogens with zero attached hydrogens (tertiary/aromatic N) is 3. The normalized spacial score (nSPS) is 18.7. The summed E-state index contributed by atoms with van der Waals surface area (Å²) in [6.45, 7) is 6.36. The van der Waals surface area contributed by atoms with Crippen LogP contribution in [-0.2, 0) is 17.9 Å². The number of nitrogens with one attached hydrogen (secondary N) is 1. The average Bonchev–Trinajstić information content (AvgIpc) is 3.09. The second kappa shape index (κ2) is 11.6. The third kappa shape index (κ3) is 7.79. The molecule has 154 valence electrons. The zero-order chi connectivity index (χ0) is 20.4. The number of aliphatic hydroxyl groups is 1. The highest BCUT2D eigenvalue weighted by atomic mass is 32.1. The summed E-state index contributed by atoms with van der Waals surface area (Å²) in [4.78, 5) is 0. The molecule has 1 aromatic carbocycles. The smallest absolute Gasteiger partial charge is 0.163 e. The number of thiocarbonyl (C=S) groups is 1. The highest BCUT2D eigenvalue weighted by Gasteiger charge is 2.21. The van der Waals surface area contributed by atoms with E-state index in [1.165, 1.54) is 0 Å². The van der Waals surface area contributed by atoms with E-state index in [0.717, 1.165) is 23.6 Å². The lowest BCUT2D eigenvalue weighted by atomic mass is 10.1. The van der Waals surface area contributed by atoms with Crippen LogP contribution in [0.15, 0.2) is 30.5 Å². The molecule has 0 radical (unpaired) electrons. The molecule has 4 N–H and O–H groups in total. The Hall–Kier alpha value is -2.23. The molecule has 28 heavy (non-hydrogen) atoms. The number of ether oxygens (including phenoxy) is 2. The quantitative estimate of drug-likeness (QED) is 0.619. The number of benzene rings is 1. The van der Waals surface area contributed by atoms with E-state index in [9.17, 15) is 5.11 Å². The lowest BCUT2D eigenvalue weighted by Crippen LogP contribution is -2.32. The largest absolute Gasteiger partial charge is 0.487 e. The number of nitrogens with two attached hydrogens (primary N) is 1. The summed E-state index contributed by atoms with van der Waals surface area (Å²) >= 11 is 4.46. The summed E-state index contributed by atoms with van der Waals surface area (Å²) in [6, 6.07) is 7.89. The molecule has 0 saturated carbocycles. The second-order valence-corrected chi connectivity index (χ2v) is 6.99. The topological polar surface area (TPSA) is 107 Å². The van der Waals surface area contributed by atoms with Crippen LogP contribution < -0.4 is 15.8 Å². The van der Waals surface area contributed by atoms with E-state index in [1.54, 1.807) is 4.68 Å². The van der Waals surface area contributed by atoms with E-state index in [2.05, 4.69) is 27.8 Å². The maximum atomic E-state index is 9.65. The third-order valence-electron chi connectivity index (χ3n) is 4.14. The van der Waals surface area contributed by atoms with Crippen molar-refractivity contribution in [2.45, 2.75) is 52.0 Å². The van der Waals surface area contributed by atoms with E-state index < -0.39 is 0 Å². The molecule has 8 nitrogen and oxygen atoms in total. The van der Waals surface area contributed by atoms with Crippen molar-refractivity contribution in [3.63, 3.8) is 0 Å². The van der Waals surface area contributed by atoms with Gasteiger partial charge in [0.25, 0.3) is 0 Å². The minimum Gasteiger partial charge on any atom is -0.487 e. The maximum absolute atomic E-state index is 9.65. The lowest BCUT2D eigenvalue weighted by Gasteiger charge is -2.26. The van der Waals surface area contributed by atoms with Crippen molar-refractivity contribution < 1.29 is 14.6 Å². The number of aliphatic hydroxyl groups excluding tert-OH is 1. The minimum absolute atomic E-state index is 0.00409. The Morgan fingerprint density at radius 1 is 1.46 bits per heavy atom. The predicted molar refractivity (Wildman–Crippen MR) is 111 cm³/mol. The van der Waals surface area contributed by atoms with E-state index >= 15 is 0 Å². The van der Waals surface area contributed by atoms with Gasteiger partial charge in [0.2, 0.25) is 0 Å². The fraction of sp³-hybridized carbons (Fsp3) is 0.526. The summed E-state index contributed by atoms with van der Waals surface area (Å²) in [6.07, 6.45) is 2.95. The van der Waals surface area contributed by atoms with Gasteiger partial charge >= 0.3 is 0 Å². The molecule has 0 spiro atoms. The van der Waals surface area contributed by atoms with Gasteiger partial charge in [-0.05, 0) is 44.1 Å². The molecule has 1 saturated heterocycles. The highest BCUT2D eigenvalue weighted by Crippen LogP contribution is 2.18. The van der Waals surface area contributed by atoms with Crippen molar-refractivity contribution in [2.24, 2.45) is 5.73 Å². The Bertz CT molecular complexity index is 740. The standard InChI is InChI=1S/C16H21N3O3.C3H8N2S/c1-12-4-2-3-5-16(12)22-11-13-9-19(18-17-13)10-15-8-14(20)6-7-21-15;1-2-5-3(4)6/h2-5,9,14-15,20H,6-8,10-11H2,1H3;2H2,1H3,(H3,4,5,6). The van der Waals surface area contributed by atoms with Crippen molar-refractivity contribution in [2.75, 3.05) is 13.2 Å². The third-order valence-corrected chi connectivity index (χ3v) is 4.28. The van der Waals surface area contributed by atoms with Crippen molar-refractivity contribution in [1.29, 1.82) is 0 Å². The first-order valence-electron chi connectivity index (χ1n) is 9.38. The number of hydrogen-bond donors (Lipinski definition) is 3. The van der Waals surface area contributed by atoms with Gasteiger partial charge in [-0.25, -0.2) is 4.68 Å². The first kappa shape index (κ1) is 22.1. The number of aromatic nitrogens is 3. The number of para-hydroxylation sites is 1. The van der Waals surface area contributed by atoms with Crippen LogP contribution in [-0.4, -0.2) is 50.6 Å². The molecule has 9 heteroatoms. The van der Waals surface area contributed by atoms with E-state index in [0.29, 0.717) is 37.7 Å². The van der Waals surface area contributed by atoms with Gasteiger partial charge in [0.15, 0.2) is 5.11 Å². The zero-order valence-electron chi connectivity index (χ0n) is 16.4. The van der Waals surface area contributed by atoms with Crippen LogP contribution >= 0.6 is 12.2 Å². The van der Waals surface area contributed by atoms with Gasteiger partial charge in [0, 0.05) is 19.6 Å². The fourth-order valence-electron chi connectivity index (χ4n) is 2.73. The summed E-state index contributed by atoms with van der Waals surface area (Å²) in [5.41, 5.74) is 6.90. The average molecular weight is 408 g/mol. The lowest BCUT2D eigenvalue weighted by molar-refractivity contribution is -0.0512. The van der Waals surface area contributed by atoms with Crippen molar-refractivity contribution in [3.05, 3.63) is 41.7 Å². The Morgan fingerprint density at radius 2 is 2.25 bits per heavy atom. The molecule has 1 fully saturated rings.